The molecule has 0 unspecified atom stereocenters. The van der Waals surface area contributed by atoms with E-state index in [2.05, 4.69) is 0 Å². The van der Waals surface area contributed by atoms with Gasteiger partial charge in [-0.2, -0.15) is 0 Å². The number of benzene rings is 1. The molecule has 0 saturated carbocycles. The van der Waals surface area contributed by atoms with E-state index in [1.807, 2.05) is 29.2 Å². The SMILES string of the molecule is O=C(CCN1C(=O)CS[C@H]1c1ccccc1Cl)N1CCCC1. The van der Waals surface area contributed by atoms with Gasteiger partial charge in [0.05, 0.1) is 5.75 Å². The summed E-state index contributed by atoms with van der Waals surface area (Å²) in [7, 11) is 0. The van der Waals surface area contributed by atoms with E-state index in [0.717, 1.165) is 31.5 Å². The number of amides is 2. The lowest BCUT2D eigenvalue weighted by atomic mass is 10.2. The number of halogens is 1. The van der Waals surface area contributed by atoms with E-state index in [1.54, 1.807) is 16.7 Å². The number of hydrogen-bond donors (Lipinski definition) is 0. The predicted molar refractivity (Wildman–Crippen MR) is 88.8 cm³/mol. The van der Waals surface area contributed by atoms with E-state index < -0.39 is 0 Å². The minimum absolute atomic E-state index is 0.0763. The van der Waals surface area contributed by atoms with Crippen LogP contribution < -0.4 is 0 Å². The van der Waals surface area contributed by atoms with E-state index in [1.165, 1.54) is 0 Å². The minimum Gasteiger partial charge on any atom is -0.343 e. The van der Waals surface area contributed by atoms with Crippen LogP contribution in [-0.4, -0.2) is 47.0 Å². The molecule has 1 atom stereocenters. The van der Waals surface area contributed by atoms with Crippen molar-refractivity contribution in [1.29, 1.82) is 0 Å². The maximum absolute atomic E-state index is 12.2. The summed E-state index contributed by atoms with van der Waals surface area (Å²) in [5.74, 6) is 0.692. The van der Waals surface area contributed by atoms with Gasteiger partial charge >= 0.3 is 0 Å². The van der Waals surface area contributed by atoms with Gasteiger partial charge in [0, 0.05) is 36.6 Å². The standard InChI is InChI=1S/C16H19ClN2O2S/c17-13-6-2-1-5-12(13)16-19(15(21)11-22-16)10-7-14(20)18-8-3-4-9-18/h1-2,5-6,16H,3-4,7-11H2/t16-/m0/s1. The smallest absolute Gasteiger partial charge is 0.233 e. The van der Waals surface area contributed by atoms with Crippen molar-refractivity contribution in [1.82, 2.24) is 9.80 Å². The number of carbonyl (C=O) groups is 2. The van der Waals surface area contributed by atoms with Crippen LogP contribution in [0.5, 0.6) is 0 Å². The van der Waals surface area contributed by atoms with Crippen LogP contribution >= 0.6 is 23.4 Å². The average Bonchev–Trinajstić information content (AvgIpc) is 3.16. The fourth-order valence-corrected chi connectivity index (χ4v) is 4.53. The predicted octanol–water partition coefficient (Wildman–Crippen LogP) is 2.93. The van der Waals surface area contributed by atoms with Crippen LogP contribution in [0.1, 0.15) is 30.2 Å². The van der Waals surface area contributed by atoms with Crippen LogP contribution in [0.3, 0.4) is 0 Å². The summed E-state index contributed by atoms with van der Waals surface area (Å²) in [5, 5.41) is 0.596. The highest BCUT2D eigenvalue weighted by molar-refractivity contribution is 8.00. The van der Waals surface area contributed by atoms with Crippen molar-refractivity contribution in [2.75, 3.05) is 25.4 Å². The summed E-state index contributed by atoms with van der Waals surface area (Å²) in [4.78, 5) is 28.0. The number of carbonyl (C=O) groups excluding carboxylic acids is 2. The minimum atomic E-state index is -0.0763. The molecule has 0 bridgehead atoms. The first-order valence-corrected chi connectivity index (χ1v) is 9.03. The second-order valence-corrected chi connectivity index (χ2v) is 7.09. The Morgan fingerprint density at radius 2 is 2.00 bits per heavy atom. The molecule has 0 aromatic heterocycles. The summed E-state index contributed by atoms with van der Waals surface area (Å²) < 4.78 is 0. The molecular formula is C16H19ClN2O2S. The summed E-state index contributed by atoms with van der Waals surface area (Å²) in [5.41, 5.74) is 0.952. The van der Waals surface area contributed by atoms with Crippen LogP contribution in [0.2, 0.25) is 5.02 Å². The van der Waals surface area contributed by atoms with Gasteiger partial charge in [-0.3, -0.25) is 9.59 Å². The van der Waals surface area contributed by atoms with Crippen molar-refractivity contribution in [3.8, 4) is 0 Å². The Bertz CT molecular complexity index is 575. The second kappa shape index (κ2) is 6.92. The molecule has 2 fully saturated rings. The van der Waals surface area contributed by atoms with Gasteiger partial charge in [-0.05, 0) is 18.9 Å². The van der Waals surface area contributed by atoms with Gasteiger partial charge in [0.2, 0.25) is 11.8 Å². The number of thioether (sulfide) groups is 1. The molecule has 0 spiro atoms. The third-order valence-electron chi connectivity index (χ3n) is 4.16. The van der Waals surface area contributed by atoms with Gasteiger partial charge in [-0.25, -0.2) is 0 Å². The highest BCUT2D eigenvalue weighted by atomic mass is 35.5. The molecule has 2 aliphatic rings. The van der Waals surface area contributed by atoms with E-state index in [-0.39, 0.29) is 17.2 Å². The van der Waals surface area contributed by atoms with Gasteiger partial charge in [0.25, 0.3) is 0 Å². The molecule has 2 aliphatic heterocycles. The molecular weight excluding hydrogens is 320 g/mol. The molecule has 0 N–H and O–H groups in total. The maximum atomic E-state index is 12.2. The number of hydrogen-bond acceptors (Lipinski definition) is 3. The van der Waals surface area contributed by atoms with Crippen LogP contribution in [0, 0.1) is 0 Å². The lowest BCUT2D eigenvalue weighted by Gasteiger charge is -2.25. The summed E-state index contributed by atoms with van der Waals surface area (Å²) in [6, 6.07) is 7.61. The quantitative estimate of drug-likeness (QED) is 0.847. The molecule has 2 heterocycles. The normalized spacial score (nSPS) is 21.7. The zero-order valence-corrected chi connectivity index (χ0v) is 13.9. The third kappa shape index (κ3) is 3.25. The molecule has 2 amide bonds. The van der Waals surface area contributed by atoms with E-state index in [0.29, 0.717) is 23.7 Å². The molecule has 1 aromatic carbocycles. The summed E-state index contributed by atoms with van der Waals surface area (Å²) in [6.07, 6.45) is 2.58. The first-order valence-electron chi connectivity index (χ1n) is 7.60. The molecule has 0 radical (unpaired) electrons. The highest BCUT2D eigenvalue weighted by Gasteiger charge is 2.34. The third-order valence-corrected chi connectivity index (χ3v) is 5.75. The molecule has 2 saturated heterocycles. The molecule has 4 nitrogen and oxygen atoms in total. The van der Waals surface area contributed by atoms with Crippen molar-refractivity contribution in [2.45, 2.75) is 24.6 Å². The number of likely N-dealkylation sites (tertiary alicyclic amines) is 1. The number of nitrogens with zero attached hydrogens (tertiary/aromatic N) is 2. The first kappa shape index (κ1) is 15.7. The van der Waals surface area contributed by atoms with Crippen LogP contribution in [0.25, 0.3) is 0 Å². The number of rotatable bonds is 4. The lowest BCUT2D eigenvalue weighted by molar-refractivity contribution is -0.132. The molecule has 6 heteroatoms. The average molecular weight is 339 g/mol. The van der Waals surface area contributed by atoms with Crippen molar-refractivity contribution in [3.05, 3.63) is 34.9 Å². The van der Waals surface area contributed by atoms with Crippen LogP contribution in [0.15, 0.2) is 24.3 Å². The summed E-state index contributed by atoms with van der Waals surface area (Å²) in [6.45, 7) is 2.18. The van der Waals surface area contributed by atoms with Crippen molar-refractivity contribution < 1.29 is 9.59 Å². The molecule has 3 rings (SSSR count). The topological polar surface area (TPSA) is 40.6 Å². The van der Waals surface area contributed by atoms with E-state index >= 15 is 0 Å². The largest absolute Gasteiger partial charge is 0.343 e. The zero-order chi connectivity index (χ0) is 15.5. The Morgan fingerprint density at radius 3 is 2.73 bits per heavy atom. The van der Waals surface area contributed by atoms with E-state index in [4.69, 9.17) is 11.6 Å². The van der Waals surface area contributed by atoms with E-state index in [9.17, 15) is 9.59 Å². The fourth-order valence-electron chi connectivity index (χ4n) is 2.97. The maximum Gasteiger partial charge on any atom is 0.233 e. The van der Waals surface area contributed by atoms with Gasteiger partial charge in [-0.15, -0.1) is 11.8 Å². The van der Waals surface area contributed by atoms with Gasteiger partial charge in [-0.1, -0.05) is 29.8 Å². The Kier molecular flexibility index (Phi) is 4.93. The van der Waals surface area contributed by atoms with Gasteiger partial charge < -0.3 is 9.80 Å². The second-order valence-electron chi connectivity index (χ2n) is 5.61. The molecule has 0 aliphatic carbocycles. The van der Waals surface area contributed by atoms with Gasteiger partial charge in [0.1, 0.15) is 5.37 Å². The zero-order valence-electron chi connectivity index (χ0n) is 12.3. The Hall–Kier alpha value is -1.20. The Balaban J connectivity index is 1.66. The monoisotopic (exact) mass is 338 g/mol. The highest BCUT2D eigenvalue weighted by Crippen LogP contribution is 2.41. The van der Waals surface area contributed by atoms with Crippen LogP contribution in [0.4, 0.5) is 0 Å². The van der Waals surface area contributed by atoms with Crippen LogP contribution in [-0.2, 0) is 9.59 Å². The Labute approximate surface area is 139 Å². The molecule has 118 valence electrons. The van der Waals surface area contributed by atoms with Crippen molar-refractivity contribution in [3.63, 3.8) is 0 Å². The van der Waals surface area contributed by atoms with Crippen molar-refractivity contribution in [2.24, 2.45) is 0 Å². The molecule has 1 aromatic rings. The molecule has 22 heavy (non-hydrogen) atoms. The fraction of sp³-hybridized carbons (Fsp3) is 0.500. The summed E-state index contributed by atoms with van der Waals surface area (Å²) >= 11 is 7.83. The lowest BCUT2D eigenvalue weighted by Crippen LogP contribution is -2.34. The first-order chi connectivity index (χ1) is 10.7. The van der Waals surface area contributed by atoms with Crippen molar-refractivity contribution >= 4 is 35.2 Å². The van der Waals surface area contributed by atoms with Gasteiger partial charge in [0.15, 0.2) is 0 Å². The Morgan fingerprint density at radius 1 is 1.27 bits per heavy atom.